The maximum Gasteiger partial charge on any atom is 0.514 e. The Kier molecular flexibility index (Phi) is 16.3. The summed E-state index contributed by atoms with van der Waals surface area (Å²) in [6, 6.07) is 11.2. The number of carbonyl (C=O) groups excluding carboxylic acids is 5. The first kappa shape index (κ1) is 38.5. The van der Waals surface area contributed by atoms with E-state index in [1.54, 1.807) is 24.3 Å². The van der Waals surface area contributed by atoms with Crippen LogP contribution in [0, 0.1) is 16.0 Å². The lowest BCUT2D eigenvalue weighted by Gasteiger charge is -2.25. The molecule has 4 N–H and O–H groups in total. The van der Waals surface area contributed by atoms with E-state index in [1.807, 2.05) is 13.8 Å². The summed E-state index contributed by atoms with van der Waals surface area (Å²) < 4.78 is 14.5. The Morgan fingerprint density at radius 2 is 1.60 bits per heavy atom. The molecule has 48 heavy (non-hydrogen) atoms. The van der Waals surface area contributed by atoms with Crippen molar-refractivity contribution in [2.45, 2.75) is 52.2 Å². The Labute approximate surface area is 278 Å². The van der Waals surface area contributed by atoms with Gasteiger partial charge in [-0.3, -0.25) is 24.5 Å². The molecule has 1 atom stereocenters. The van der Waals surface area contributed by atoms with Crippen LogP contribution in [0.3, 0.4) is 0 Å². The van der Waals surface area contributed by atoms with Gasteiger partial charge in [-0.15, -0.1) is 0 Å². The maximum absolute atomic E-state index is 12.5. The summed E-state index contributed by atoms with van der Waals surface area (Å²) >= 11 is 0. The molecule has 0 aliphatic heterocycles. The number of nitrogens with zero attached hydrogens (tertiary/aromatic N) is 1. The fourth-order valence-electron chi connectivity index (χ4n) is 4.07. The number of hydrogen-bond donors (Lipinski definition) is 4. The van der Waals surface area contributed by atoms with Gasteiger partial charge >= 0.3 is 12.1 Å². The number of methoxy groups -OCH3 is 1. The van der Waals surface area contributed by atoms with Gasteiger partial charge in [0.2, 0.25) is 17.7 Å². The molecule has 2 aromatic rings. The smallest absolute Gasteiger partial charge is 0.466 e. The van der Waals surface area contributed by atoms with E-state index in [1.165, 1.54) is 31.4 Å². The highest BCUT2D eigenvalue weighted by atomic mass is 16.7. The second kappa shape index (κ2) is 20.4. The van der Waals surface area contributed by atoms with Crippen LogP contribution in [0.5, 0.6) is 5.75 Å². The van der Waals surface area contributed by atoms with Gasteiger partial charge in [0.1, 0.15) is 12.4 Å². The summed E-state index contributed by atoms with van der Waals surface area (Å²) in [5.41, 5.74) is 1.50. The molecule has 15 heteroatoms. The number of benzene rings is 2. The van der Waals surface area contributed by atoms with Gasteiger partial charge in [0.25, 0.3) is 5.69 Å². The molecule has 1 unspecified atom stereocenters. The molecule has 0 fully saturated rings. The van der Waals surface area contributed by atoms with E-state index >= 15 is 0 Å². The lowest BCUT2D eigenvalue weighted by Crippen LogP contribution is -2.44. The molecular formula is C33H41N5O10. The fourth-order valence-corrected chi connectivity index (χ4v) is 4.07. The quantitative estimate of drug-likeness (QED) is 0.0422. The Hall–Kier alpha value is -5.73. The zero-order valence-corrected chi connectivity index (χ0v) is 27.1. The first-order valence-electron chi connectivity index (χ1n) is 15.1. The van der Waals surface area contributed by atoms with E-state index in [2.05, 4.69) is 32.6 Å². The maximum atomic E-state index is 12.5. The van der Waals surface area contributed by atoms with Gasteiger partial charge < -0.3 is 35.5 Å². The third-order valence-electron chi connectivity index (χ3n) is 6.63. The average molecular weight is 668 g/mol. The minimum atomic E-state index is -0.977. The monoisotopic (exact) mass is 667 g/mol. The number of esters is 1. The van der Waals surface area contributed by atoms with Gasteiger partial charge in [-0.2, -0.15) is 0 Å². The van der Waals surface area contributed by atoms with E-state index in [0.29, 0.717) is 42.8 Å². The van der Waals surface area contributed by atoms with Crippen molar-refractivity contribution in [3.8, 4) is 5.75 Å². The Balaban J connectivity index is 1.68. The van der Waals surface area contributed by atoms with Gasteiger partial charge in [-0.1, -0.05) is 39.0 Å². The zero-order valence-electron chi connectivity index (χ0n) is 27.1. The predicted octanol–water partition coefficient (Wildman–Crippen LogP) is 3.90. The summed E-state index contributed by atoms with van der Waals surface area (Å²) in [7, 11) is 1.22. The van der Waals surface area contributed by atoms with Crippen molar-refractivity contribution >= 4 is 41.2 Å². The van der Waals surface area contributed by atoms with E-state index in [9.17, 15) is 34.1 Å². The van der Waals surface area contributed by atoms with Crippen LogP contribution in [-0.2, 0) is 35.3 Å². The van der Waals surface area contributed by atoms with Crippen molar-refractivity contribution in [1.82, 2.24) is 16.0 Å². The number of unbranched alkanes of at least 4 members (excludes halogenated alkanes) is 2. The van der Waals surface area contributed by atoms with E-state index in [4.69, 9.17) is 9.47 Å². The van der Waals surface area contributed by atoms with Crippen molar-refractivity contribution in [1.29, 1.82) is 0 Å². The van der Waals surface area contributed by atoms with Crippen LogP contribution in [0.2, 0.25) is 0 Å². The number of amides is 3. The Morgan fingerprint density at radius 1 is 0.917 bits per heavy atom. The van der Waals surface area contributed by atoms with Crippen molar-refractivity contribution in [3.05, 3.63) is 88.6 Å². The van der Waals surface area contributed by atoms with Gasteiger partial charge in [0.15, 0.2) is 0 Å². The number of hydrogen-bond acceptors (Lipinski definition) is 11. The molecule has 0 radical (unpaired) electrons. The Bertz CT molecular complexity index is 1460. The molecule has 0 saturated carbocycles. The normalized spacial score (nSPS) is 11.2. The minimum absolute atomic E-state index is 0.00597. The highest BCUT2D eigenvalue weighted by molar-refractivity contribution is 5.94. The first-order chi connectivity index (χ1) is 22.9. The number of ether oxygens (including phenoxy) is 3. The molecule has 2 rings (SSSR count). The lowest BCUT2D eigenvalue weighted by molar-refractivity contribution is -0.384. The standard InChI is InChI=1S/C33H41N5O10/c1-22(2)32(37-29(40)8-6-5-7-19-34-28(39)17-18-31(42)46-4)23(3)35-20-30(41)36-25-11-9-24(10-12-25)21-47-33(43)48-27-15-13-26(14-16-27)38(44)45/h9-18,22,32,35H,3,5-8,19-21H2,1-2,4H3,(H,34,39)(H,36,41)(H,37,40)/b18-17-. The number of rotatable bonds is 19. The molecule has 0 bridgehead atoms. The summed E-state index contributed by atoms with van der Waals surface area (Å²) in [6.07, 6.45) is 3.44. The molecule has 0 saturated heterocycles. The van der Waals surface area contributed by atoms with E-state index in [0.717, 1.165) is 12.2 Å². The highest BCUT2D eigenvalue weighted by Gasteiger charge is 2.20. The molecule has 0 aromatic heterocycles. The van der Waals surface area contributed by atoms with E-state index < -0.39 is 29.0 Å². The molecule has 2 aromatic carbocycles. The summed E-state index contributed by atoms with van der Waals surface area (Å²) in [5, 5.41) is 22.0. The van der Waals surface area contributed by atoms with Gasteiger partial charge in [-0.05, 0) is 48.6 Å². The van der Waals surface area contributed by atoms with Gasteiger partial charge in [0, 0.05) is 48.6 Å². The van der Waals surface area contributed by atoms with Crippen LogP contribution < -0.4 is 26.0 Å². The average Bonchev–Trinajstić information content (AvgIpc) is 3.06. The second-order valence-electron chi connectivity index (χ2n) is 10.8. The van der Waals surface area contributed by atoms with Crippen LogP contribution in [0.1, 0.15) is 45.1 Å². The largest absolute Gasteiger partial charge is 0.514 e. The number of carbonyl (C=O) groups is 5. The van der Waals surface area contributed by atoms with Crippen molar-refractivity contribution < 1.29 is 43.1 Å². The lowest BCUT2D eigenvalue weighted by atomic mass is 10.0. The van der Waals surface area contributed by atoms with Crippen LogP contribution in [-0.4, -0.2) is 61.0 Å². The van der Waals surface area contributed by atoms with Crippen molar-refractivity contribution in [2.75, 3.05) is 25.5 Å². The van der Waals surface area contributed by atoms with Crippen LogP contribution in [0.15, 0.2) is 73.0 Å². The molecule has 0 spiro atoms. The minimum Gasteiger partial charge on any atom is -0.466 e. The third kappa shape index (κ3) is 15.0. The molecule has 258 valence electrons. The summed E-state index contributed by atoms with van der Waals surface area (Å²) in [4.78, 5) is 69.8. The molecule has 0 aliphatic carbocycles. The molecule has 15 nitrogen and oxygen atoms in total. The summed E-state index contributed by atoms with van der Waals surface area (Å²) in [5.74, 6) is -1.41. The number of anilines is 1. The van der Waals surface area contributed by atoms with Crippen molar-refractivity contribution in [3.63, 3.8) is 0 Å². The van der Waals surface area contributed by atoms with Crippen LogP contribution in [0.4, 0.5) is 16.2 Å². The van der Waals surface area contributed by atoms with Crippen LogP contribution >= 0.6 is 0 Å². The SMILES string of the molecule is C=C(NCC(=O)Nc1ccc(COC(=O)Oc2ccc([N+](=O)[O-])cc2)cc1)C(NC(=O)CCCCCNC(=O)/C=C\C(=O)OC)C(C)C. The van der Waals surface area contributed by atoms with Crippen LogP contribution in [0.25, 0.3) is 0 Å². The van der Waals surface area contributed by atoms with Gasteiger partial charge in [-0.25, -0.2) is 9.59 Å². The molecule has 0 heterocycles. The number of non-ortho nitro benzene ring substituents is 1. The molecular weight excluding hydrogens is 626 g/mol. The van der Waals surface area contributed by atoms with Crippen molar-refractivity contribution in [2.24, 2.45) is 5.92 Å². The summed E-state index contributed by atoms with van der Waals surface area (Å²) in [6.45, 7) is 8.08. The molecule has 0 aliphatic rings. The number of nitrogens with one attached hydrogen (secondary N) is 4. The number of nitro groups is 1. The first-order valence-corrected chi connectivity index (χ1v) is 15.1. The topological polar surface area (TPSA) is 204 Å². The third-order valence-corrected chi connectivity index (χ3v) is 6.63. The van der Waals surface area contributed by atoms with E-state index in [-0.39, 0.29) is 48.7 Å². The zero-order chi connectivity index (χ0) is 35.5. The molecule has 3 amide bonds. The predicted molar refractivity (Wildman–Crippen MR) is 176 cm³/mol. The van der Waals surface area contributed by atoms with Gasteiger partial charge in [0.05, 0.1) is 24.6 Å². The number of nitro benzene ring substituents is 1. The highest BCUT2D eigenvalue weighted by Crippen LogP contribution is 2.18. The fraction of sp³-hybridized carbons (Fsp3) is 0.364. The Morgan fingerprint density at radius 3 is 2.23 bits per heavy atom. The second-order valence-corrected chi connectivity index (χ2v) is 10.8.